The smallest absolute Gasteiger partial charge is 0.172 e. The Hall–Kier alpha value is -0.200. The molecule has 0 amide bonds. The van der Waals surface area contributed by atoms with E-state index in [1.165, 1.54) is 0 Å². The summed E-state index contributed by atoms with van der Waals surface area (Å²) >= 11 is 0. The van der Waals surface area contributed by atoms with Crippen LogP contribution in [0, 0.1) is 5.92 Å². The van der Waals surface area contributed by atoms with Crippen LogP contribution in [0.2, 0.25) is 0 Å². The van der Waals surface area contributed by atoms with Crippen molar-refractivity contribution in [2.24, 2.45) is 5.92 Å². The fraction of sp³-hybridized carbons (Fsp3) is 1.00. The van der Waals surface area contributed by atoms with Gasteiger partial charge in [-0.15, -0.1) is 0 Å². The first-order chi connectivity index (χ1) is 9.24. The molecule has 0 aromatic heterocycles. The van der Waals surface area contributed by atoms with Crippen molar-refractivity contribution in [2.45, 2.75) is 44.1 Å². The van der Waals surface area contributed by atoms with E-state index >= 15 is 0 Å². The standard InChI is InChI=1S/C14H27NO4/c1-4-15-12(13(16-2)17-3)11-5-7-19-14(9-11)6-8-18-10-14/h11-13,15H,4-10H2,1-3H3. The summed E-state index contributed by atoms with van der Waals surface area (Å²) < 4.78 is 22.5. The Kier molecular flexibility index (Phi) is 5.59. The van der Waals surface area contributed by atoms with E-state index in [4.69, 9.17) is 18.9 Å². The van der Waals surface area contributed by atoms with Gasteiger partial charge in [-0.25, -0.2) is 0 Å². The van der Waals surface area contributed by atoms with E-state index in [-0.39, 0.29) is 17.9 Å². The first-order valence-electron chi connectivity index (χ1n) is 7.25. The molecule has 0 aromatic rings. The van der Waals surface area contributed by atoms with Gasteiger partial charge in [-0.3, -0.25) is 0 Å². The van der Waals surface area contributed by atoms with Crippen molar-refractivity contribution in [3.05, 3.63) is 0 Å². The molecule has 0 aromatic carbocycles. The van der Waals surface area contributed by atoms with Gasteiger partial charge in [0.15, 0.2) is 6.29 Å². The van der Waals surface area contributed by atoms with Crippen molar-refractivity contribution < 1.29 is 18.9 Å². The third kappa shape index (κ3) is 3.47. The first kappa shape index (κ1) is 15.2. The van der Waals surface area contributed by atoms with Gasteiger partial charge in [0.05, 0.1) is 18.2 Å². The summed E-state index contributed by atoms with van der Waals surface area (Å²) in [5, 5.41) is 3.51. The molecule has 2 heterocycles. The van der Waals surface area contributed by atoms with Crippen LogP contribution in [0.1, 0.15) is 26.2 Å². The largest absolute Gasteiger partial charge is 0.378 e. The van der Waals surface area contributed by atoms with Gasteiger partial charge in [0, 0.05) is 33.9 Å². The molecule has 19 heavy (non-hydrogen) atoms. The van der Waals surface area contributed by atoms with Gasteiger partial charge >= 0.3 is 0 Å². The summed E-state index contributed by atoms with van der Waals surface area (Å²) in [4.78, 5) is 0. The summed E-state index contributed by atoms with van der Waals surface area (Å²) in [6.45, 7) is 5.37. The van der Waals surface area contributed by atoms with Crippen LogP contribution in [0.3, 0.4) is 0 Å². The zero-order valence-electron chi connectivity index (χ0n) is 12.3. The molecule has 5 heteroatoms. The summed E-state index contributed by atoms with van der Waals surface area (Å²) in [7, 11) is 3.40. The van der Waals surface area contributed by atoms with E-state index in [1.54, 1.807) is 14.2 Å². The summed E-state index contributed by atoms with van der Waals surface area (Å²) in [5.41, 5.74) is -0.0668. The molecule has 0 saturated carbocycles. The Bertz CT molecular complexity index is 264. The maximum atomic E-state index is 6.00. The molecule has 2 fully saturated rings. The minimum absolute atomic E-state index is 0.0668. The number of likely N-dealkylation sites (N-methyl/N-ethyl adjacent to an activating group) is 1. The first-order valence-corrected chi connectivity index (χ1v) is 7.25. The highest BCUT2D eigenvalue weighted by atomic mass is 16.7. The van der Waals surface area contributed by atoms with Crippen LogP contribution in [0.25, 0.3) is 0 Å². The number of ether oxygens (including phenoxy) is 4. The average molecular weight is 273 g/mol. The molecular formula is C14H27NO4. The van der Waals surface area contributed by atoms with E-state index in [1.807, 2.05) is 0 Å². The highest BCUT2D eigenvalue weighted by Crippen LogP contribution is 2.37. The Labute approximate surface area is 115 Å². The molecule has 3 atom stereocenters. The van der Waals surface area contributed by atoms with Crippen molar-refractivity contribution in [2.75, 3.05) is 40.6 Å². The van der Waals surface area contributed by atoms with Crippen LogP contribution in [-0.4, -0.2) is 58.5 Å². The fourth-order valence-corrected chi connectivity index (χ4v) is 3.35. The minimum atomic E-state index is -0.206. The van der Waals surface area contributed by atoms with E-state index in [0.29, 0.717) is 5.92 Å². The van der Waals surface area contributed by atoms with Crippen molar-refractivity contribution in [1.82, 2.24) is 5.32 Å². The molecule has 3 unspecified atom stereocenters. The lowest BCUT2D eigenvalue weighted by atomic mass is 9.80. The maximum Gasteiger partial charge on any atom is 0.172 e. The van der Waals surface area contributed by atoms with E-state index < -0.39 is 0 Å². The van der Waals surface area contributed by atoms with Crippen molar-refractivity contribution in [3.8, 4) is 0 Å². The second-order valence-corrected chi connectivity index (χ2v) is 5.51. The zero-order chi connectivity index (χ0) is 13.7. The third-order valence-electron chi connectivity index (χ3n) is 4.30. The highest BCUT2D eigenvalue weighted by molar-refractivity contribution is 4.94. The minimum Gasteiger partial charge on any atom is -0.378 e. The van der Waals surface area contributed by atoms with E-state index in [9.17, 15) is 0 Å². The maximum absolute atomic E-state index is 6.00. The molecule has 2 aliphatic heterocycles. The summed E-state index contributed by atoms with van der Waals surface area (Å²) in [6.07, 6.45) is 2.87. The molecule has 0 radical (unpaired) electrons. The number of hydrogen-bond donors (Lipinski definition) is 1. The Morgan fingerprint density at radius 2 is 2.11 bits per heavy atom. The molecule has 0 aliphatic carbocycles. The predicted molar refractivity (Wildman–Crippen MR) is 72.1 cm³/mol. The molecule has 112 valence electrons. The highest BCUT2D eigenvalue weighted by Gasteiger charge is 2.44. The van der Waals surface area contributed by atoms with Gasteiger partial charge in [-0.2, -0.15) is 0 Å². The Morgan fingerprint density at radius 3 is 2.68 bits per heavy atom. The predicted octanol–water partition coefficient (Wildman–Crippen LogP) is 1.17. The van der Waals surface area contributed by atoms with E-state index in [0.717, 1.165) is 45.6 Å². The number of methoxy groups -OCH3 is 2. The quantitative estimate of drug-likeness (QED) is 0.736. The van der Waals surface area contributed by atoms with Crippen LogP contribution < -0.4 is 5.32 Å². The van der Waals surface area contributed by atoms with Crippen LogP contribution in [0.5, 0.6) is 0 Å². The summed E-state index contributed by atoms with van der Waals surface area (Å²) in [5.74, 6) is 0.500. The normalized spacial score (nSPS) is 33.2. The van der Waals surface area contributed by atoms with Crippen molar-refractivity contribution in [3.63, 3.8) is 0 Å². The lowest BCUT2D eigenvalue weighted by Gasteiger charge is -2.42. The number of nitrogens with one attached hydrogen (secondary N) is 1. The second kappa shape index (κ2) is 6.99. The van der Waals surface area contributed by atoms with Gasteiger partial charge in [0.1, 0.15) is 0 Å². The lowest BCUT2D eigenvalue weighted by Crippen LogP contribution is -2.52. The van der Waals surface area contributed by atoms with Crippen LogP contribution in [0.15, 0.2) is 0 Å². The zero-order valence-corrected chi connectivity index (χ0v) is 12.3. The summed E-state index contributed by atoms with van der Waals surface area (Å²) in [6, 6.07) is 0.210. The van der Waals surface area contributed by atoms with Gasteiger partial charge in [-0.05, 0) is 25.3 Å². The lowest BCUT2D eigenvalue weighted by molar-refractivity contribution is -0.158. The van der Waals surface area contributed by atoms with Crippen LogP contribution >= 0.6 is 0 Å². The Balaban J connectivity index is 2.03. The van der Waals surface area contributed by atoms with Gasteiger partial charge in [0.25, 0.3) is 0 Å². The van der Waals surface area contributed by atoms with E-state index in [2.05, 4.69) is 12.2 Å². The monoisotopic (exact) mass is 273 g/mol. The van der Waals surface area contributed by atoms with Crippen LogP contribution in [0.4, 0.5) is 0 Å². The molecule has 1 spiro atoms. The number of rotatable bonds is 6. The SMILES string of the molecule is CCNC(C1CCOC2(CCOC2)C1)C(OC)OC. The molecule has 5 nitrogen and oxygen atoms in total. The van der Waals surface area contributed by atoms with Gasteiger partial charge in [0.2, 0.25) is 0 Å². The second-order valence-electron chi connectivity index (χ2n) is 5.51. The molecular weight excluding hydrogens is 246 g/mol. The molecule has 2 aliphatic rings. The van der Waals surface area contributed by atoms with Crippen molar-refractivity contribution in [1.29, 1.82) is 0 Å². The Morgan fingerprint density at radius 1 is 1.32 bits per heavy atom. The number of hydrogen-bond acceptors (Lipinski definition) is 5. The van der Waals surface area contributed by atoms with Crippen molar-refractivity contribution >= 4 is 0 Å². The average Bonchev–Trinajstić information content (AvgIpc) is 2.87. The molecule has 2 rings (SSSR count). The molecule has 0 bridgehead atoms. The molecule has 2 saturated heterocycles. The molecule has 1 N–H and O–H groups in total. The van der Waals surface area contributed by atoms with Gasteiger partial charge in [-0.1, -0.05) is 6.92 Å². The fourth-order valence-electron chi connectivity index (χ4n) is 3.35. The van der Waals surface area contributed by atoms with Crippen LogP contribution in [-0.2, 0) is 18.9 Å². The third-order valence-corrected chi connectivity index (χ3v) is 4.30. The topological polar surface area (TPSA) is 49.0 Å². The van der Waals surface area contributed by atoms with Gasteiger partial charge < -0.3 is 24.3 Å².